The van der Waals surface area contributed by atoms with Gasteiger partial charge in [-0.05, 0) is 33.1 Å². The van der Waals surface area contributed by atoms with E-state index in [-0.39, 0.29) is 17.9 Å². The van der Waals surface area contributed by atoms with Crippen LogP contribution in [0.5, 0.6) is 0 Å². The quantitative estimate of drug-likeness (QED) is 0.861. The Labute approximate surface area is 135 Å². The summed E-state index contributed by atoms with van der Waals surface area (Å²) in [6.07, 6.45) is 2.47. The van der Waals surface area contributed by atoms with E-state index in [0.717, 1.165) is 36.4 Å². The fourth-order valence-electron chi connectivity index (χ4n) is 3.22. The molecule has 1 aliphatic heterocycles. The first kappa shape index (κ1) is 15.7. The van der Waals surface area contributed by atoms with Crippen LogP contribution in [-0.4, -0.2) is 32.6 Å². The monoisotopic (exact) mass is 318 g/mol. The van der Waals surface area contributed by atoms with Crippen molar-refractivity contribution in [2.24, 2.45) is 5.92 Å². The van der Waals surface area contributed by atoms with Crippen molar-refractivity contribution in [2.75, 3.05) is 6.54 Å². The Hall–Kier alpha value is -2.18. The third-order valence-electron chi connectivity index (χ3n) is 4.49. The summed E-state index contributed by atoms with van der Waals surface area (Å²) in [4.78, 5) is 19.0. The molecular formula is C16H22N4O3. The van der Waals surface area contributed by atoms with Gasteiger partial charge in [0, 0.05) is 24.9 Å². The van der Waals surface area contributed by atoms with Crippen molar-refractivity contribution in [2.45, 2.75) is 53.0 Å². The van der Waals surface area contributed by atoms with E-state index in [2.05, 4.69) is 15.3 Å². The predicted octanol–water partition coefficient (Wildman–Crippen LogP) is 2.53. The number of carbonyl (C=O) groups excluding carboxylic acids is 1. The topological polar surface area (TPSA) is 85.3 Å². The Kier molecular flexibility index (Phi) is 4.19. The van der Waals surface area contributed by atoms with Crippen molar-refractivity contribution >= 4 is 5.91 Å². The first-order chi connectivity index (χ1) is 11.0. The average Bonchev–Trinajstić information content (AvgIpc) is 3.22. The molecule has 3 heterocycles. The maximum Gasteiger partial charge on any atom is 0.226 e. The molecule has 0 saturated carbocycles. The zero-order chi connectivity index (χ0) is 16.6. The number of aromatic nitrogens is 3. The van der Waals surface area contributed by atoms with Crippen LogP contribution in [0.1, 0.15) is 54.5 Å². The SMILES string of the molecule is Cc1nc([C@@H]2CCCN2C(=O)[C@H](C)Cc2c(C)noc2C)no1. The zero-order valence-electron chi connectivity index (χ0n) is 14.0. The lowest BCUT2D eigenvalue weighted by atomic mass is 9.98. The maximum absolute atomic E-state index is 12.9. The largest absolute Gasteiger partial charge is 0.361 e. The van der Waals surface area contributed by atoms with Crippen LogP contribution >= 0.6 is 0 Å². The highest BCUT2D eigenvalue weighted by Crippen LogP contribution is 2.32. The minimum atomic E-state index is -0.139. The Morgan fingerprint density at radius 1 is 1.30 bits per heavy atom. The lowest BCUT2D eigenvalue weighted by molar-refractivity contribution is -0.136. The molecule has 2 atom stereocenters. The molecule has 0 unspecified atom stereocenters. The molecule has 0 bridgehead atoms. The summed E-state index contributed by atoms with van der Waals surface area (Å²) in [7, 11) is 0. The van der Waals surface area contributed by atoms with Crippen LogP contribution in [0.3, 0.4) is 0 Å². The smallest absolute Gasteiger partial charge is 0.226 e. The van der Waals surface area contributed by atoms with Gasteiger partial charge in [0.05, 0.1) is 11.7 Å². The van der Waals surface area contributed by atoms with E-state index in [0.29, 0.717) is 18.1 Å². The normalized spacial score (nSPS) is 19.3. The van der Waals surface area contributed by atoms with Crippen LogP contribution in [0, 0.1) is 26.7 Å². The fourth-order valence-corrected chi connectivity index (χ4v) is 3.22. The van der Waals surface area contributed by atoms with Crippen molar-refractivity contribution in [3.8, 4) is 0 Å². The van der Waals surface area contributed by atoms with Gasteiger partial charge < -0.3 is 13.9 Å². The molecule has 0 radical (unpaired) electrons. The molecule has 1 saturated heterocycles. The highest BCUT2D eigenvalue weighted by atomic mass is 16.5. The van der Waals surface area contributed by atoms with Crippen molar-refractivity contribution in [3.63, 3.8) is 0 Å². The van der Waals surface area contributed by atoms with Crippen molar-refractivity contribution in [3.05, 3.63) is 28.7 Å². The lowest BCUT2D eigenvalue weighted by Crippen LogP contribution is -2.36. The number of carbonyl (C=O) groups is 1. The highest BCUT2D eigenvalue weighted by Gasteiger charge is 2.35. The fraction of sp³-hybridized carbons (Fsp3) is 0.625. The molecule has 7 nitrogen and oxygen atoms in total. The van der Waals surface area contributed by atoms with Gasteiger partial charge in [-0.1, -0.05) is 17.2 Å². The second-order valence-corrected chi connectivity index (χ2v) is 6.27. The summed E-state index contributed by atoms with van der Waals surface area (Å²) in [5, 5.41) is 7.95. The van der Waals surface area contributed by atoms with Gasteiger partial charge >= 0.3 is 0 Å². The minimum absolute atomic E-state index is 0.0768. The summed E-state index contributed by atoms with van der Waals surface area (Å²) in [6, 6.07) is -0.0768. The standard InChI is InChI=1S/C16H22N4O3/c1-9(8-13-10(2)18-22-11(13)3)16(21)20-7-5-6-14(20)15-17-12(4)23-19-15/h9,14H,5-8H2,1-4H3/t9-,14+/m1/s1. The summed E-state index contributed by atoms with van der Waals surface area (Å²) >= 11 is 0. The number of nitrogens with zero attached hydrogens (tertiary/aromatic N) is 4. The van der Waals surface area contributed by atoms with Crippen LogP contribution in [0.2, 0.25) is 0 Å². The van der Waals surface area contributed by atoms with Gasteiger partial charge in [-0.15, -0.1) is 0 Å². The molecule has 0 spiro atoms. The van der Waals surface area contributed by atoms with Crippen LogP contribution in [0.4, 0.5) is 0 Å². The van der Waals surface area contributed by atoms with Gasteiger partial charge in [0.25, 0.3) is 0 Å². The van der Waals surface area contributed by atoms with Crippen molar-refractivity contribution < 1.29 is 13.8 Å². The Bertz CT molecular complexity index is 686. The number of hydrogen-bond donors (Lipinski definition) is 0. The van der Waals surface area contributed by atoms with Gasteiger partial charge in [-0.25, -0.2) is 0 Å². The number of likely N-dealkylation sites (tertiary alicyclic amines) is 1. The van der Waals surface area contributed by atoms with Crippen molar-refractivity contribution in [1.29, 1.82) is 0 Å². The maximum atomic E-state index is 12.9. The van der Waals surface area contributed by atoms with Gasteiger partial charge in [0.1, 0.15) is 5.76 Å². The van der Waals surface area contributed by atoms with E-state index in [1.54, 1.807) is 6.92 Å². The summed E-state index contributed by atoms with van der Waals surface area (Å²) in [5.74, 6) is 1.91. The molecule has 0 aromatic carbocycles. The molecule has 7 heteroatoms. The van der Waals surface area contributed by atoms with E-state index in [1.165, 1.54) is 0 Å². The number of hydrogen-bond acceptors (Lipinski definition) is 6. The molecular weight excluding hydrogens is 296 g/mol. The van der Waals surface area contributed by atoms with Gasteiger partial charge in [0.2, 0.25) is 11.8 Å². The molecule has 2 aromatic heterocycles. The predicted molar refractivity (Wildman–Crippen MR) is 81.6 cm³/mol. The molecule has 3 rings (SSSR count). The van der Waals surface area contributed by atoms with E-state index >= 15 is 0 Å². The van der Waals surface area contributed by atoms with Crippen LogP contribution in [0.15, 0.2) is 9.05 Å². The summed E-state index contributed by atoms with van der Waals surface area (Å²) < 4.78 is 10.2. The average molecular weight is 318 g/mol. The Morgan fingerprint density at radius 3 is 2.70 bits per heavy atom. The molecule has 1 amide bonds. The molecule has 1 aliphatic rings. The van der Waals surface area contributed by atoms with E-state index in [9.17, 15) is 4.79 Å². The van der Waals surface area contributed by atoms with E-state index in [1.807, 2.05) is 25.7 Å². The molecule has 0 aliphatic carbocycles. The minimum Gasteiger partial charge on any atom is -0.361 e. The second kappa shape index (κ2) is 6.14. The number of rotatable bonds is 4. The highest BCUT2D eigenvalue weighted by molar-refractivity contribution is 5.79. The van der Waals surface area contributed by atoms with E-state index in [4.69, 9.17) is 9.05 Å². The van der Waals surface area contributed by atoms with Gasteiger partial charge in [-0.2, -0.15) is 4.98 Å². The molecule has 1 fully saturated rings. The van der Waals surface area contributed by atoms with Gasteiger partial charge in [0.15, 0.2) is 5.82 Å². The molecule has 2 aromatic rings. The van der Waals surface area contributed by atoms with Crippen LogP contribution < -0.4 is 0 Å². The first-order valence-corrected chi connectivity index (χ1v) is 7.99. The summed E-state index contributed by atoms with van der Waals surface area (Å²) in [5.41, 5.74) is 1.88. The molecule has 124 valence electrons. The number of aryl methyl sites for hydroxylation is 3. The third kappa shape index (κ3) is 3.00. The van der Waals surface area contributed by atoms with Crippen LogP contribution in [-0.2, 0) is 11.2 Å². The Balaban J connectivity index is 1.73. The first-order valence-electron chi connectivity index (χ1n) is 7.99. The summed E-state index contributed by atoms with van der Waals surface area (Å²) in [6.45, 7) is 8.24. The second-order valence-electron chi connectivity index (χ2n) is 6.27. The lowest BCUT2D eigenvalue weighted by Gasteiger charge is -2.25. The third-order valence-corrected chi connectivity index (χ3v) is 4.49. The van der Waals surface area contributed by atoms with Crippen LogP contribution in [0.25, 0.3) is 0 Å². The van der Waals surface area contributed by atoms with E-state index < -0.39 is 0 Å². The van der Waals surface area contributed by atoms with Crippen molar-refractivity contribution in [1.82, 2.24) is 20.2 Å². The van der Waals surface area contributed by atoms with Gasteiger partial charge in [-0.3, -0.25) is 4.79 Å². The molecule has 23 heavy (non-hydrogen) atoms. The number of amides is 1. The molecule has 0 N–H and O–H groups in total. The Morgan fingerprint density at radius 2 is 2.09 bits per heavy atom. The zero-order valence-corrected chi connectivity index (χ0v) is 14.0.